The molecule has 1 unspecified atom stereocenters. The lowest BCUT2D eigenvalue weighted by Crippen LogP contribution is -3.08. The van der Waals surface area contributed by atoms with Crippen LogP contribution in [0.25, 0.3) is 0 Å². The van der Waals surface area contributed by atoms with E-state index in [0.29, 0.717) is 27.8 Å². The number of quaternary nitrogens is 1. The minimum Gasteiger partial charge on any atom is -0.465 e. The number of ether oxygens (including phenoxy) is 1. The Balaban J connectivity index is 1.99. The van der Waals surface area contributed by atoms with Gasteiger partial charge in [-0.05, 0) is 24.3 Å². The third-order valence-corrected chi connectivity index (χ3v) is 4.16. The van der Waals surface area contributed by atoms with Gasteiger partial charge in [0.15, 0.2) is 6.54 Å². The van der Waals surface area contributed by atoms with Gasteiger partial charge in [-0.25, -0.2) is 4.79 Å². The number of amides is 1. The molecule has 0 aromatic heterocycles. The lowest BCUT2D eigenvalue weighted by Gasteiger charge is -2.15. The Labute approximate surface area is 156 Å². The molecule has 0 saturated carbocycles. The van der Waals surface area contributed by atoms with Crippen LogP contribution in [0.2, 0.25) is 10.0 Å². The molecule has 132 valence electrons. The van der Waals surface area contributed by atoms with E-state index in [-0.39, 0.29) is 12.5 Å². The van der Waals surface area contributed by atoms with E-state index in [1.807, 2.05) is 13.1 Å². The van der Waals surface area contributed by atoms with Gasteiger partial charge in [0.05, 0.1) is 30.4 Å². The number of anilines is 1. The summed E-state index contributed by atoms with van der Waals surface area (Å²) in [5, 5.41) is 3.90. The summed E-state index contributed by atoms with van der Waals surface area (Å²) in [5.74, 6) is -0.705. The van der Waals surface area contributed by atoms with E-state index in [9.17, 15) is 9.59 Å². The van der Waals surface area contributed by atoms with Crippen molar-refractivity contribution in [1.82, 2.24) is 0 Å². The predicted octanol–water partition coefficient (Wildman–Crippen LogP) is 2.43. The average Bonchev–Trinajstić information content (AvgIpc) is 2.57. The number of carbonyl (C=O) groups is 2. The molecule has 0 bridgehead atoms. The minimum atomic E-state index is -0.496. The van der Waals surface area contributed by atoms with Crippen molar-refractivity contribution in [2.75, 3.05) is 26.0 Å². The van der Waals surface area contributed by atoms with Gasteiger partial charge >= 0.3 is 5.97 Å². The van der Waals surface area contributed by atoms with Crippen molar-refractivity contribution < 1.29 is 19.2 Å². The smallest absolute Gasteiger partial charge is 0.339 e. The van der Waals surface area contributed by atoms with Gasteiger partial charge in [0.1, 0.15) is 6.54 Å². The summed E-state index contributed by atoms with van der Waals surface area (Å²) in [7, 11) is 3.19. The van der Waals surface area contributed by atoms with Crippen LogP contribution < -0.4 is 10.2 Å². The molecule has 2 N–H and O–H groups in total. The molecule has 0 fully saturated rings. The molecule has 0 radical (unpaired) electrons. The van der Waals surface area contributed by atoms with E-state index in [0.717, 1.165) is 10.5 Å². The normalized spacial score (nSPS) is 11.7. The number of nitrogens with one attached hydrogen (secondary N) is 2. The number of likely N-dealkylation sites (N-methyl/N-ethyl adjacent to an activating group) is 1. The first kappa shape index (κ1) is 19.2. The van der Waals surface area contributed by atoms with Crippen LogP contribution in [0.3, 0.4) is 0 Å². The fourth-order valence-electron chi connectivity index (χ4n) is 2.40. The average molecular weight is 382 g/mol. The van der Waals surface area contributed by atoms with E-state index in [1.54, 1.807) is 36.4 Å². The first-order valence-electron chi connectivity index (χ1n) is 7.63. The summed E-state index contributed by atoms with van der Waals surface area (Å²) in [6.45, 7) is 0.788. The zero-order valence-corrected chi connectivity index (χ0v) is 15.4. The molecule has 1 atom stereocenters. The summed E-state index contributed by atoms with van der Waals surface area (Å²) in [6.07, 6.45) is 0. The van der Waals surface area contributed by atoms with Crippen LogP contribution in [0.1, 0.15) is 15.9 Å². The number of rotatable bonds is 6. The van der Waals surface area contributed by atoms with Crippen LogP contribution in [0.4, 0.5) is 5.69 Å². The Morgan fingerprint density at radius 2 is 1.88 bits per heavy atom. The number of hydrogen-bond acceptors (Lipinski definition) is 3. The molecule has 2 aromatic carbocycles. The predicted molar refractivity (Wildman–Crippen MR) is 98.3 cm³/mol. The Morgan fingerprint density at radius 3 is 2.56 bits per heavy atom. The fourth-order valence-corrected chi connectivity index (χ4v) is 2.88. The standard InChI is InChI=1S/C18H18Cl2N2O3/c1-22(10-12-7-8-13(19)9-15(12)20)11-17(23)21-16-6-4-3-5-14(16)18(24)25-2/h3-9H,10-11H2,1-2H3,(H,21,23)/p+1. The topological polar surface area (TPSA) is 59.8 Å². The van der Waals surface area contributed by atoms with Crippen LogP contribution in [0.15, 0.2) is 42.5 Å². The molecular weight excluding hydrogens is 363 g/mol. The van der Waals surface area contributed by atoms with Crippen LogP contribution in [-0.2, 0) is 16.1 Å². The number of methoxy groups -OCH3 is 1. The molecule has 1 amide bonds. The Hall–Kier alpha value is -2.08. The van der Waals surface area contributed by atoms with Crippen LogP contribution in [-0.4, -0.2) is 32.6 Å². The van der Waals surface area contributed by atoms with Crippen molar-refractivity contribution in [2.24, 2.45) is 0 Å². The quantitative estimate of drug-likeness (QED) is 0.755. The molecule has 25 heavy (non-hydrogen) atoms. The minimum absolute atomic E-state index is 0.209. The van der Waals surface area contributed by atoms with Gasteiger partial charge in [0.2, 0.25) is 0 Å². The van der Waals surface area contributed by atoms with E-state index >= 15 is 0 Å². The van der Waals surface area contributed by atoms with Crippen molar-refractivity contribution in [3.8, 4) is 0 Å². The van der Waals surface area contributed by atoms with Crippen molar-refractivity contribution >= 4 is 40.8 Å². The van der Waals surface area contributed by atoms with Gasteiger partial charge < -0.3 is 15.0 Å². The molecule has 0 saturated heterocycles. The zero-order chi connectivity index (χ0) is 18.4. The molecule has 0 spiro atoms. The van der Waals surface area contributed by atoms with Crippen molar-refractivity contribution in [3.63, 3.8) is 0 Å². The maximum Gasteiger partial charge on any atom is 0.339 e. The Kier molecular flexibility index (Phi) is 6.82. The summed E-state index contributed by atoms with van der Waals surface area (Å²) >= 11 is 12.0. The van der Waals surface area contributed by atoms with Gasteiger partial charge in [0.25, 0.3) is 5.91 Å². The van der Waals surface area contributed by atoms with E-state index in [1.165, 1.54) is 7.11 Å². The molecule has 0 aliphatic heterocycles. The Morgan fingerprint density at radius 1 is 1.16 bits per heavy atom. The molecule has 2 aromatic rings. The lowest BCUT2D eigenvalue weighted by molar-refractivity contribution is -0.885. The van der Waals surface area contributed by atoms with Gasteiger partial charge in [0, 0.05) is 10.6 Å². The first-order valence-corrected chi connectivity index (χ1v) is 8.38. The molecule has 5 nitrogen and oxygen atoms in total. The second-order valence-corrected chi connectivity index (χ2v) is 6.48. The molecule has 0 aliphatic rings. The van der Waals surface area contributed by atoms with Gasteiger partial charge in [-0.3, -0.25) is 4.79 Å². The third-order valence-electron chi connectivity index (χ3n) is 3.58. The van der Waals surface area contributed by atoms with Crippen molar-refractivity contribution in [2.45, 2.75) is 6.54 Å². The number of esters is 1. The Bertz CT molecular complexity index is 781. The second-order valence-electron chi connectivity index (χ2n) is 5.63. The monoisotopic (exact) mass is 381 g/mol. The second kappa shape index (κ2) is 8.85. The van der Waals surface area contributed by atoms with Gasteiger partial charge in [-0.2, -0.15) is 0 Å². The fraction of sp³-hybridized carbons (Fsp3) is 0.222. The molecule has 7 heteroatoms. The highest BCUT2D eigenvalue weighted by atomic mass is 35.5. The van der Waals surface area contributed by atoms with Crippen LogP contribution in [0.5, 0.6) is 0 Å². The number of halogens is 2. The largest absolute Gasteiger partial charge is 0.465 e. The SMILES string of the molecule is COC(=O)c1ccccc1NC(=O)C[NH+](C)Cc1ccc(Cl)cc1Cl. The highest BCUT2D eigenvalue weighted by Crippen LogP contribution is 2.20. The number of para-hydroxylation sites is 1. The maximum atomic E-state index is 12.3. The van der Waals surface area contributed by atoms with Gasteiger partial charge in [-0.15, -0.1) is 0 Å². The van der Waals surface area contributed by atoms with Gasteiger partial charge in [-0.1, -0.05) is 41.4 Å². The summed E-state index contributed by atoms with van der Waals surface area (Å²) in [5.41, 5.74) is 1.65. The zero-order valence-electron chi connectivity index (χ0n) is 13.9. The van der Waals surface area contributed by atoms with Crippen molar-refractivity contribution in [1.29, 1.82) is 0 Å². The highest BCUT2D eigenvalue weighted by Gasteiger charge is 2.16. The van der Waals surface area contributed by atoms with Crippen molar-refractivity contribution in [3.05, 3.63) is 63.6 Å². The van der Waals surface area contributed by atoms with E-state index < -0.39 is 5.97 Å². The van der Waals surface area contributed by atoms with E-state index in [2.05, 4.69) is 5.32 Å². The molecule has 0 aliphatic carbocycles. The van der Waals surface area contributed by atoms with Crippen LogP contribution in [0, 0.1) is 0 Å². The highest BCUT2D eigenvalue weighted by molar-refractivity contribution is 6.35. The summed E-state index contributed by atoms with van der Waals surface area (Å²) < 4.78 is 4.72. The molecule has 2 rings (SSSR count). The first-order chi connectivity index (χ1) is 11.9. The third kappa shape index (κ3) is 5.46. The maximum absolute atomic E-state index is 12.3. The molecular formula is C18H19Cl2N2O3+. The van der Waals surface area contributed by atoms with E-state index in [4.69, 9.17) is 27.9 Å². The number of benzene rings is 2. The number of carbonyl (C=O) groups excluding carboxylic acids is 2. The molecule has 0 heterocycles. The lowest BCUT2D eigenvalue weighted by atomic mass is 10.2. The summed E-state index contributed by atoms with van der Waals surface area (Å²) in [6, 6.07) is 12.0. The van der Waals surface area contributed by atoms with Crippen LogP contribution >= 0.6 is 23.2 Å². The summed E-state index contributed by atoms with van der Waals surface area (Å²) in [4.78, 5) is 25.0. The number of hydrogen-bond donors (Lipinski definition) is 2.